The highest BCUT2D eigenvalue weighted by Gasteiger charge is 2.35. The number of carbonyl (C=O) groups is 2. The van der Waals surface area contributed by atoms with Crippen molar-refractivity contribution in [2.45, 2.75) is 32.7 Å². The summed E-state index contributed by atoms with van der Waals surface area (Å²) < 4.78 is 7.76. The largest absolute Gasteiger partial charge is 0.492 e. The Bertz CT molecular complexity index is 1620. The van der Waals surface area contributed by atoms with Gasteiger partial charge in [0, 0.05) is 41.3 Å². The average Bonchev–Trinajstić information content (AvgIpc) is 3.40. The lowest BCUT2D eigenvalue weighted by atomic mass is 9.87. The first-order chi connectivity index (χ1) is 19.1. The SMILES string of the molecule is CC(C)(C)c1ccc(Cn2cc(/C=C3/SC(=O)N(CCOc4ccc([N+](=O)[O-])cc4)C3=O)c3ccccc32)cc1. The maximum atomic E-state index is 13.1. The van der Waals surface area contributed by atoms with Crippen molar-refractivity contribution in [2.75, 3.05) is 13.2 Å². The average molecular weight is 556 g/mol. The fourth-order valence-corrected chi connectivity index (χ4v) is 5.44. The van der Waals surface area contributed by atoms with Gasteiger partial charge in [-0.2, -0.15) is 0 Å². The Labute approximate surface area is 236 Å². The van der Waals surface area contributed by atoms with Crippen LogP contribution in [0.5, 0.6) is 5.75 Å². The van der Waals surface area contributed by atoms with Crippen LogP contribution in [0.15, 0.2) is 83.9 Å². The van der Waals surface area contributed by atoms with E-state index < -0.39 is 4.92 Å². The molecule has 0 N–H and O–H groups in total. The molecule has 0 saturated carbocycles. The van der Waals surface area contributed by atoms with Crippen LogP contribution in [0.25, 0.3) is 17.0 Å². The zero-order chi connectivity index (χ0) is 28.4. The lowest BCUT2D eigenvalue weighted by Crippen LogP contribution is -2.32. The number of ether oxygens (including phenoxy) is 1. The molecule has 5 rings (SSSR count). The number of hydrogen-bond acceptors (Lipinski definition) is 6. The summed E-state index contributed by atoms with van der Waals surface area (Å²) in [6, 6.07) is 22.3. The van der Waals surface area contributed by atoms with E-state index in [1.54, 1.807) is 6.08 Å². The van der Waals surface area contributed by atoms with Crippen LogP contribution in [-0.2, 0) is 16.8 Å². The highest BCUT2D eigenvalue weighted by atomic mass is 32.2. The summed E-state index contributed by atoms with van der Waals surface area (Å²) in [7, 11) is 0. The van der Waals surface area contributed by atoms with Crippen LogP contribution < -0.4 is 4.74 Å². The molecule has 9 heteroatoms. The lowest BCUT2D eigenvalue weighted by Gasteiger charge is -2.19. The molecule has 8 nitrogen and oxygen atoms in total. The van der Waals surface area contributed by atoms with E-state index in [4.69, 9.17) is 4.74 Å². The molecule has 1 aliphatic rings. The monoisotopic (exact) mass is 555 g/mol. The van der Waals surface area contributed by atoms with Gasteiger partial charge in [-0.1, -0.05) is 63.2 Å². The number of nitrogens with zero attached hydrogens (tertiary/aromatic N) is 3. The van der Waals surface area contributed by atoms with Crippen LogP contribution in [-0.4, -0.2) is 38.7 Å². The summed E-state index contributed by atoms with van der Waals surface area (Å²) in [5.41, 5.74) is 4.42. The first-order valence-electron chi connectivity index (χ1n) is 12.9. The van der Waals surface area contributed by atoms with Gasteiger partial charge in [-0.05, 0) is 52.6 Å². The second-order valence-corrected chi connectivity index (χ2v) is 11.6. The maximum absolute atomic E-state index is 13.1. The van der Waals surface area contributed by atoms with E-state index in [0.717, 1.165) is 33.1 Å². The Morgan fingerprint density at radius 2 is 1.68 bits per heavy atom. The zero-order valence-corrected chi connectivity index (χ0v) is 23.3. The van der Waals surface area contributed by atoms with Crippen molar-refractivity contribution in [2.24, 2.45) is 0 Å². The molecule has 1 aromatic heterocycles. The van der Waals surface area contributed by atoms with Crippen LogP contribution >= 0.6 is 11.8 Å². The molecule has 0 atom stereocenters. The number of benzene rings is 3. The predicted molar refractivity (Wildman–Crippen MR) is 157 cm³/mol. The van der Waals surface area contributed by atoms with Crippen LogP contribution in [0.3, 0.4) is 0 Å². The minimum Gasteiger partial charge on any atom is -0.492 e. The Kier molecular flexibility index (Phi) is 7.49. The fraction of sp³-hybridized carbons (Fsp3) is 0.226. The molecule has 1 fully saturated rings. The Morgan fingerprint density at radius 1 is 0.975 bits per heavy atom. The molecule has 0 bridgehead atoms. The quantitative estimate of drug-likeness (QED) is 0.132. The summed E-state index contributed by atoms with van der Waals surface area (Å²) in [6.45, 7) is 7.42. The number of fused-ring (bicyclic) bond motifs is 1. The van der Waals surface area contributed by atoms with E-state index in [9.17, 15) is 19.7 Å². The molecule has 1 saturated heterocycles. The number of hydrogen-bond donors (Lipinski definition) is 0. The number of nitro benzene ring substituents is 1. The molecule has 4 aromatic rings. The van der Waals surface area contributed by atoms with Gasteiger partial charge in [0.05, 0.1) is 16.4 Å². The standard InChI is InChI=1S/C31H29N3O5S/c1-31(2,3)23-10-8-21(9-11-23)19-32-20-22(26-6-4-5-7-27(26)32)18-28-29(35)33(30(36)40-28)16-17-39-25-14-12-24(13-15-25)34(37)38/h4-15,18,20H,16-17,19H2,1-3H3/b28-18+. The van der Waals surface area contributed by atoms with Crippen molar-refractivity contribution in [3.8, 4) is 5.75 Å². The van der Waals surface area contributed by atoms with Gasteiger partial charge < -0.3 is 9.30 Å². The van der Waals surface area contributed by atoms with Gasteiger partial charge in [0.1, 0.15) is 12.4 Å². The minimum absolute atomic E-state index is 0.0387. The van der Waals surface area contributed by atoms with Crippen molar-refractivity contribution in [3.63, 3.8) is 0 Å². The third-order valence-electron chi connectivity index (χ3n) is 6.78. The maximum Gasteiger partial charge on any atom is 0.293 e. The zero-order valence-electron chi connectivity index (χ0n) is 22.5. The predicted octanol–water partition coefficient (Wildman–Crippen LogP) is 7.01. The summed E-state index contributed by atoms with van der Waals surface area (Å²) >= 11 is 0.912. The van der Waals surface area contributed by atoms with E-state index >= 15 is 0 Å². The molecular formula is C31H29N3O5S. The third kappa shape index (κ3) is 5.79. The van der Waals surface area contributed by atoms with Crippen molar-refractivity contribution < 1.29 is 19.2 Å². The van der Waals surface area contributed by atoms with Crippen molar-refractivity contribution >= 4 is 45.6 Å². The first-order valence-corrected chi connectivity index (χ1v) is 13.7. The van der Waals surface area contributed by atoms with Gasteiger partial charge in [0.2, 0.25) is 0 Å². The Hall–Kier alpha value is -4.37. The van der Waals surface area contributed by atoms with E-state index in [-0.39, 0.29) is 35.4 Å². The smallest absolute Gasteiger partial charge is 0.293 e. The summed E-state index contributed by atoms with van der Waals surface area (Å²) in [4.78, 5) is 37.6. The number of imide groups is 1. The summed E-state index contributed by atoms with van der Waals surface area (Å²) in [6.07, 6.45) is 3.80. The molecule has 1 aliphatic heterocycles. The number of para-hydroxylation sites is 1. The topological polar surface area (TPSA) is 94.7 Å². The molecule has 0 radical (unpaired) electrons. The number of carbonyl (C=O) groups excluding carboxylic acids is 2. The van der Waals surface area contributed by atoms with Gasteiger partial charge in [-0.3, -0.25) is 24.6 Å². The highest BCUT2D eigenvalue weighted by molar-refractivity contribution is 8.18. The number of rotatable bonds is 8. The van der Waals surface area contributed by atoms with Crippen molar-refractivity contribution in [1.29, 1.82) is 0 Å². The number of amides is 2. The van der Waals surface area contributed by atoms with Gasteiger partial charge in [-0.15, -0.1) is 0 Å². The normalized spacial score (nSPS) is 14.9. The lowest BCUT2D eigenvalue weighted by molar-refractivity contribution is -0.384. The van der Waals surface area contributed by atoms with E-state index in [0.29, 0.717) is 17.2 Å². The fourth-order valence-electron chi connectivity index (χ4n) is 4.58. The van der Waals surface area contributed by atoms with E-state index in [2.05, 4.69) is 55.7 Å². The van der Waals surface area contributed by atoms with Crippen LogP contribution in [0.2, 0.25) is 0 Å². The molecule has 2 heterocycles. The Balaban J connectivity index is 1.30. The first kappa shape index (κ1) is 27.2. The van der Waals surface area contributed by atoms with E-state index in [1.165, 1.54) is 35.4 Å². The van der Waals surface area contributed by atoms with Crippen LogP contribution in [0.1, 0.15) is 37.5 Å². The van der Waals surface area contributed by atoms with Crippen molar-refractivity contribution in [3.05, 3.63) is 111 Å². The number of nitro groups is 1. The molecule has 2 amide bonds. The van der Waals surface area contributed by atoms with Gasteiger partial charge in [0.15, 0.2) is 0 Å². The minimum atomic E-state index is -0.488. The second-order valence-electron chi connectivity index (χ2n) is 10.6. The van der Waals surface area contributed by atoms with Gasteiger partial charge >= 0.3 is 0 Å². The van der Waals surface area contributed by atoms with Gasteiger partial charge in [0.25, 0.3) is 16.8 Å². The van der Waals surface area contributed by atoms with Crippen molar-refractivity contribution in [1.82, 2.24) is 9.47 Å². The summed E-state index contributed by atoms with van der Waals surface area (Å²) in [5, 5.41) is 11.5. The molecule has 0 spiro atoms. The molecular weight excluding hydrogens is 526 g/mol. The molecule has 0 unspecified atom stereocenters. The molecule has 0 aliphatic carbocycles. The number of aromatic nitrogens is 1. The summed E-state index contributed by atoms with van der Waals surface area (Å²) in [5.74, 6) is 0.0610. The van der Waals surface area contributed by atoms with Crippen LogP contribution in [0.4, 0.5) is 10.5 Å². The third-order valence-corrected chi connectivity index (χ3v) is 7.69. The molecule has 204 valence electrons. The van der Waals surface area contributed by atoms with Crippen LogP contribution in [0, 0.1) is 10.1 Å². The van der Waals surface area contributed by atoms with E-state index in [1.807, 2.05) is 24.4 Å². The number of thioether (sulfide) groups is 1. The van der Waals surface area contributed by atoms with Gasteiger partial charge in [-0.25, -0.2) is 0 Å². The number of non-ortho nitro benzene ring substituents is 1. The Morgan fingerprint density at radius 3 is 2.35 bits per heavy atom. The highest BCUT2D eigenvalue weighted by Crippen LogP contribution is 2.34. The second kappa shape index (κ2) is 11.0. The molecule has 40 heavy (non-hydrogen) atoms. The molecule has 3 aromatic carbocycles.